The van der Waals surface area contributed by atoms with Gasteiger partial charge in [0.15, 0.2) is 0 Å². The molecule has 3 N–H and O–H groups in total. The molecule has 1 unspecified atom stereocenters. The Hall–Kier alpha value is -2.55. The molecule has 0 aliphatic carbocycles. The maximum atomic E-state index is 12.0. The van der Waals surface area contributed by atoms with E-state index in [9.17, 15) is 9.82 Å². The number of nitrogens with two attached hydrogens (primary N) is 1. The third-order valence-electron chi connectivity index (χ3n) is 5.90. The summed E-state index contributed by atoms with van der Waals surface area (Å²) in [6.45, 7) is 7.52. The topological polar surface area (TPSA) is 94.3 Å². The van der Waals surface area contributed by atoms with E-state index < -0.39 is 7.12 Å². The van der Waals surface area contributed by atoms with Crippen LogP contribution in [0.5, 0.6) is 5.75 Å². The number of benzene rings is 2. The molecule has 2 heterocycles. The SMILES string of the molecule is CC.CCC1CN(c2ccc(CCCCOc3cccc4c3B(O)O[C@@H]4CN)cc2)C(=O)O1. The zero-order valence-electron chi connectivity index (χ0n) is 19.8. The molecule has 178 valence electrons. The number of fused-ring (bicyclic) bond motifs is 1. The second kappa shape index (κ2) is 12.1. The molecule has 1 fully saturated rings. The van der Waals surface area contributed by atoms with Crippen LogP contribution in [0.15, 0.2) is 42.5 Å². The van der Waals surface area contributed by atoms with E-state index in [-0.39, 0.29) is 18.3 Å². The summed E-state index contributed by atoms with van der Waals surface area (Å²) in [5, 5.41) is 10.2. The molecule has 0 saturated carbocycles. The Labute approximate surface area is 197 Å². The summed E-state index contributed by atoms with van der Waals surface area (Å²) >= 11 is 0. The van der Waals surface area contributed by atoms with Crippen molar-refractivity contribution in [1.82, 2.24) is 0 Å². The molecule has 2 atom stereocenters. The first-order valence-corrected chi connectivity index (χ1v) is 12.0. The van der Waals surface area contributed by atoms with Crippen LogP contribution in [0, 0.1) is 0 Å². The zero-order chi connectivity index (χ0) is 23.8. The molecule has 2 aromatic carbocycles. The number of amides is 1. The molecule has 1 amide bonds. The third kappa shape index (κ3) is 5.88. The molecule has 0 bridgehead atoms. The molecule has 4 rings (SSSR count). The summed E-state index contributed by atoms with van der Waals surface area (Å²) in [5.41, 5.74) is 9.41. The molecule has 0 spiro atoms. The summed E-state index contributed by atoms with van der Waals surface area (Å²) in [6.07, 6.45) is 3.05. The summed E-state index contributed by atoms with van der Waals surface area (Å²) in [6, 6.07) is 13.8. The number of cyclic esters (lactones) is 1. The summed E-state index contributed by atoms with van der Waals surface area (Å²) in [4.78, 5) is 13.7. The predicted octanol–water partition coefficient (Wildman–Crippen LogP) is 3.57. The highest BCUT2D eigenvalue weighted by molar-refractivity contribution is 6.62. The van der Waals surface area contributed by atoms with E-state index in [0.29, 0.717) is 30.9 Å². The minimum atomic E-state index is -0.987. The van der Waals surface area contributed by atoms with Crippen molar-refractivity contribution in [2.24, 2.45) is 5.73 Å². The smallest absolute Gasteiger partial charge is 0.494 e. The lowest BCUT2D eigenvalue weighted by atomic mass is 9.78. The Balaban J connectivity index is 0.00000149. The first kappa shape index (κ1) is 25.1. The van der Waals surface area contributed by atoms with Crippen molar-refractivity contribution in [3.8, 4) is 5.75 Å². The van der Waals surface area contributed by atoms with Gasteiger partial charge in [-0.25, -0.2) is 4.79 Å². The van der Waals surface area contributed by atoms with Crippen LogP contribution < -0.4 is 20.8 Å². The lowest BCUT2D eigenvalue weighted by molar-refractivity contribution is 0.139. The Morgan fingerprint density at radius 1 is 1.18 bits per heavy atom. The van der Waals surface area contributed by atoms with E-state index in [1.165, 1.54) is 5.56 Å². The van der Waals surface area contributed by atoms with Gasteiger partial charge in [0.25, 0.3) is 0 Å². The van der Waals surface area contributed by atoms with Crippen LogP contribution >= 0.6 is 0 Å². The summed E-state index contributed by atoms with van der Waals surface area (Å²) in [5.74, 6) is 0.660. The number of anilines is 1. The van der Waals surface area contributed by atoms with Crippen LogP contribution in [0.4, 0.5) is 10.5 Å². The van der Waals surface area contributed by atoms with Crippen molar-refractivity contribution in [2.45, 2.75) is 58.7 Å². The average molecular weight is 454 g/mol. The number of hydrogen-bond acceptors (Lipinski definition) is 6. The van der Waals surface area contributed by atoms with Gasteiger partial charge < -0.3 is 24.9 Å². The van der Waals surface area contributed by atoms with Gasteiger partial charge in [0.1, 0.15) is 11.9 Å². The van der Waals surface area contributed by atoms with Crippen molar-refractivity contribution in [3.05, 3.63) is 53.6 Å². The third-order valence-corrected chi connectivity index (χ3v) is 5.90. The number of hydrogen-bond donors (Lipinski definition) is 2. The van der Waals surface area contributed by atoms with Crippen molar-refractivity contribution >= 4 is 24.4 Å². The van der Waals surface area contributed by atoms with E-state index in [0.717, 1.165) is 36.9 Å². The van der Waals surface area contributed by atoms with E-state index >= 15 is 0 Å². The molecule has 0 aromatic heterocycles. The fourth-order valence-electron chi connectivity index (χ4n) is 4.11. The maximum absolute atomic E-state index is 12.0. The molecule has 1 saturated heterocycles. The quantitative estimate of drug-likeness (QED) is 0.445. The van der Waals surface area contributed by atoms with Gasteiger partial charge in [0, 0.05) is 17.7 Å². The number of aryl methyl sites for hydroxylation is 1. The zero-order valence-corrected chi connectivity index (χ0v) is 19.8. The van der Waals surface area contributed by atoms with Crippen LogP contribution in [0.2, 0.25) is 0 Å². The monoisotopic (exact) mass is 454 g/mol. The van der Waals surface area contributed by atoms with Crippen LogP contribution in [-0.4, -0.2) is 44.0 Å². The number of nitrogens with zero attached hydrogens (tertiary/aromatic N) is 1. The van der Waals surface area contributed by atoms with Crippen molar-refractivity contribution in [3.63, 3.8) is 0 Å². The van der Waals surface area contributed by atoms with Crippen molar-refractivity contribution in [2.75, 3.05) is 24.6 Å². The Bertz CT molecular complexity index is 908. The van der Waals surface area contributed by atoms with Gasteiger partial charge in [-0.2, -0.15) is 0 Å². The highest BCUT2D eigenvalue weighted by Crippen LogP contribution is 2.27. The first-order chi connectivity index (χ1) is 16.1. The van der Waals surface area contributed by atoms with Gasteiger partial charge in [-0.05, 0) is 55.0 Å². The summed E-state index contributed by atoms with van der Waals surface area (Å²) < 4.78 is 16.7. The van der Waals surface area contributed by atoms with E-state index in [1.54, 1.807) is 4.90 Å². The molecule has 2 aliphatic rings. The molecular formula is C25H35BN2O5. The second-order valence-corrected chi connectivity index (χ2v) is 7.97. The van der Waals surface area contributed by atoms with Crippen LogP contribution in [0.3, 0.4) is 0 Å². The molecule has 33 heavy (non-hydrogen) atoms. The second-order valence-electron chi connectivity index (χ2n) is 7.97. The predicted molar refractivity (Wildman–Crippen MR) is 131 cm³/mol. The molecule has 8 heteroatoms. The Kier molecular flexibility index (Phi) is 9.17. The van der Waals surface area contributed by atoms with Gasteiger partial charge in [0.2, 0.25) is 0 Å². The molecule has 2 aliphatic heterocycles. The molecule has 2 aromatic rings. The van der Waals surface area contributed by atoms with Gasteiger partial charge in [-0.3, -0.25) is 4.90 Å². The number of carbonyl (C=O) groups is 1. The average Bonchev–Trinajstić information content (AvgIpc) is 3.40. The van der Waals surface area contributed by atoms with E-state index in [2.05, 4.69) is 12.1 Å². The van der Waals surface area contributed by atoms with Crippen molar-refractivity contribution in [1.29, 1.82) is 0 Å². The van der Waals surface area contributed by atoms with E-state index in [1.807, 2.05) is 51.1 Å². The minimum absolute atomic E-state index is 0.0214. The highest BCUT2D eigenvalue weighted by Gasteiger charge is 2.37. The molecule has 0 radical (unpaired) electrons. The highest BCUT2D eigenvalue weighted by atomic mass is 16.6. The number of ether oxygens (including phenoxy) is 2. The van der Waals surface area contributed by atoms with Gasteiger partial charge in [-0.15, -0.1) is 0 Å². The summed E-state index contributed by atoms with van der Waals surface area (Å²) in [7, 11) is -0.987. The number of rotatable bonds is 9. The number of unbranched alkanes of at least 4 members (excludes halogenated alkanes) is 1. The maximum Gasteiger partial charge on any atom is 0.495 e. The van der Waals surface area contributed by atoms with Crippen LogP contribution in [-0.2, 0) is 15.8 Å². The fraction of sp³-hybridized carbons (Fsp3) is 0.480. The minimum Gasteiger partial charge on any atom is -0.494 e. The molecule has 7 nitrogen and oxygen atoms in total. The van der Waals surface area contributed by atoms with Gasteiger partial charge >= 0.3 is 13.2 Å². The fourth-order valence-corrected chi connectivity index (χ4v) is 4.11. The van der Waals surface area contributed by atoms with Gasteiger partial charge in [0.05, 0.1) is 19.3 Å². The normalized spacial score (nSPS) is 19.1. The lowest BCUT2D eigenvalue weighted by Gasteiger charge is -2.13. The Morgan fingerprint density at radius 2 is 1.94 bits per heavy atom. The van der Waals surface area contributed by atoms with Crippen LogP contribution in [0.25, 0.3) is 0 Å². The largest absolute Gasteiger partial charge is 0.495 e. The van der Waals surface area contributed by atoms with Crippen molar-refractivity contribution < 1.29 is 23.9 Å². The first-order valence-electron chi connectivity index (χ1n) is 12.0. The number of carbonyl (C=O) groups excluding carboxylic acids is 1. The van der Waals surface area contributed by atoms with E-state index in [4.69, 9.17) is 19.9 Å². The van der Waals surface area contributed by atoms with Gasteiger partial charge in [-0.1, -0.05) is 45.0 Å². The lowest BCUT2D eigenvalue weighted by Crippen LogP contribution is -2.30. The standard InChI is InChI=1S/C23H29BN2O5.C2H6/c1-2-18-15-26(23(27)30-18)17-11-9-16(10-12-17)6-3-4-13-29-20-8-5-7-19-21(14-25)31-24(28)22(19)20;1-2/h5,7-12,18,21,28H,2-4,6,13-15,25H2,1H3;1-2H3/t18?,21-;/m1./s1. The Morgan fingerprint density at radius 3 is 2.61 bits per heavy atom. The molecular weight excluding hydrogens is 419 g/mol. The van der Waals surface area contributed by atoms with Crippen LogP contribution in [0.1, 0.15) is 57.3 Å².